The number of rotatable bonds is 19. The predicted octanol–water partition coefficient (Wildman–Crippen LogP) is 8.11. The van der Waals surface area contributed by atoms with Gasteiger partial charge in [0.1, 0.15) is 0 Å². The quantitative estimate of drug-likeness (QED) is 0.169. The van der Waals surface area contributed by atoms with Gasteiger partial charge in [-0.15, -0.1) is 0 Å². The van der Waals surface area contributed by atoms with Gasteiger partial charge in [0.05, 0.1) is 13.1 Å². The molecule has 0 heterocycles. The van der Waals surface area contributed by atoms with E-state index in [1.807, 2.05) is 0 Å². The Morgan fingerprint density at radius 2 is 0.696 bits per heavy atom. The third-order valence-electron chi connectivity index (χ3n) is 4.54. The summed E-state index contributed by atoms with van der Waals surface area (Å²) in [6, 6.07) is 0. The summed E-state index contributed by atoms with van der Waals surface area (Å²) >= 11 is 0. The Bertz CT molecular complexity index is 226. The smallest absolute Gasteiger partial charge is 0.0598 e. The van der Waals surface area contributed by atoms with Crippen LogP contribution in [0.25, 0.3) is 0 Å². The van der Waals surface area contributed by atoms with Crippen LogP contribution in [0.1, 0.15) is 123 Å². The third-order valence-corrected chi connectivity index (χ3v) is 4.54. The lowest BCUT2D eigenvalue weighted by Gasteiger charge is -2.03. The van der Waals surface area contributed by atoms with Crippen molar-refractivity contribution in [3.63, 3.8) is 0 Å². The van der Waals surface area contributed by atoms with E-state index in [1.165, 1.54) is 103 Å². The zero-order valence-corrected chi connectivity index (χ0v) is 16.3. The first-order valence-corrected chi connectivity index (χ1v) is 10.7. The van der Waals surface area contributed by atoms with E-state index in [1.54, 1.807) is 0 Å². The summed E-state index contributed by atoms with van der Waals surface area (Å²) in [7, 11) is 0. The molecule has 0 aromatic rings. The lowest BCUT2D eigenvalue weighted by molar-refractivity contribution is 0.529. The van der Waals surface area contributed by atoms with Crippen molar-refractivity contribution in [2.24, 2.45) is 10.2 Å². The fraction of sp³-hybridized carbons (Fsp3) is 1.00. The second kappa shape index (κ2) is 21.6. The number of unbranched alkanes of at least 4 members (excludes halogenated alkanes) is 15. The average molecular weight is 325 g/mol. The lowest BCUT2D eigenvalue weighted by atomic mass is 10.0. The van der Waals surface area contributed by atoms with E-state index in [-0.39, 0.29) is 0 Å². The fourth-order valence-corrected chi connectivity index (χ4v) is 2.97. The van der Waals surface area contributed by atoms with Crippen LogP contribution < -0.4 is 0 Å². The van der Waals surface area contributed by atoms with E-state index in [4.69, 9.17) is 0 Å². The van der Waals surface area contributed by atoms with Crippen molar-refractivity contribution in [1.82, 2.24) is 0 Å². The van der Waals surface area contributed by atoms with Gasteiger partial charge in [0, 0.05) is 0 Å². The molecule has 0 unspecified atom stereocenters. The van der Waals surface area contributed by atoms with Crippen LogP contribution in [0.2, 0.25) is 0 Å². The highest BCUT2D eigenvalue weighted by Gasteiger charge is 1.94. The normalized spacial score (nSPS) is 11.6. The fourth-order valence-electron chi connectivity index (χ4n) is 2.97. The Kier molecular flexibility index (Phi) is 21.2. The van der Waals surface area contributed by atoms with Gasteiger partial charge in [-0.2, -0.15) is 10.2 Å². The summed E-state index contributed by atoms with van der Waals surface area (Å²) < 4.78 is 0. The highest BCUT2D eigenvalue weighted by Crippen LogP contribution is 2.13. The second-order valence-corrected chi connectivity index (χ2v) is 7.03. The maximum atomic E-state index is 4.19. The molecule has 0 radical (unpaired) electrons. The molecule has 0 fully saturated rings. The maximum absolute atomic E-state index is 4.19. The molecule has 0 bridgehead atoms. The summed E-state index contributed by atoms with van der Waals surface area (Å²) in [5.41, 5.74) is 0. The van der Waals surface area contributed by atoms with Gasteiger partial charge < -0.3 is 0 Å². The molecule has 0 saturated heterocycles. The van der Waals surface area contributed by atoms with Gasteiger partial charge in [0.2, 0.25) is 0 Å². The molecule has 138 valence electrons. The Morgan fingerprint density at radius 1 is 0.348 bits per heavy atom. The zero-order chi connectivity index (χ0) is 16.8. The molecule has 0 atom stereocenters. The molecular weight excluding hydrogens is 280 g/mol. The van der Waals surface area contributed by atoms with E-state index in [0.717, 1.165) is 19.5 Å². The van der Waals surface area contributed by atoms with Crippen molar-refractivity contribution in [2.75, 3.05) is 13.1 Å². The first-order valence-electron chi connectivity index (χ1n) is 10.7. The SMILES string of the molecule is CCCCCCCCCCCCCCCCCCN=NCCC. The van der Waals surface area contributed by atoms with Gasteiger partial charge in [-0.25, -0.2) is 0 Å². The van der Waals surface area contributed by atoms with Crippen molar-refractivity contribution in [3.05, 3.63) is 0 Å². The Balaban J connectivity index is 2.97. The molecule has 23 heavy (non-hydrogen) atoms. The lowest BCUT2D eigenvalue weighted by Crippen LogP contribution is -1.85. The standard InChI is InChI=1S/C21H44N2/c1-3-5-6-7-8-9-10-11-12-13-14-15-16-17-18-19-21-23-22-20-4-2/h3-21H2,1-2H3. The Hall–Kier alpha value is -0.400. The molecule has 0 aromatic heterocycles. The van der Waals surface area contributed by atoms with Crippen LogP contribution >= 0.6 is 0 Å². The molecule has 2 nitrogen and oxygen atoms in total. The van der Waals surface area contributed by atoms with Crippen molar-refractivity contribution >= 4 is 0 Å². The zero-order valence-electron chi connectivity index (χ0n) is 16.3. The van der Waals surface area contributed by atoms with Gasteiger partial charge in [-0.05, 0) is 12.8 Å². The summed E-state index contributed by atoms with van der Waals surface area (Å²) in [5.74, 6) is 0. The molecule has 0 amide bonds. The van der Waals surface area contributed by atoms with Gasteiger partial charge >= 0.3 is 0 Å². The van der Waals surface area contributed by atoms with Crippen LogP contribution in [0.5, 0.6) is 0 Å². The van der Waals surface area contributed by atoms with Gasteiger partial charge in [-0.3, -0.25) is 0 Å². The van der Waals surface area contributed by atoms with E-state index in [9.17, 15) is 0 Å². The van der Waals surface area contributed by atoms with Crippen LogP contribution in [0.15, 0.2) is 10.2 Å². The van der Waals surface area contributed by atoms with Gasteiger partial charge in [-0.1, -0.05) is 110 Å². The highest BCUT2D eigenvalue weighted by atomic mass is 15.1. The first-order chi connectivity index (χ1) is 11.4. The topological polar surface area (TPSA) is 24.7 Å². The minimum atomic E-state index is 0.902. The van der Waals surface area contributed by atoms with Crippen molar-refractivity contribution in [2.45, 2.75) is 123 Å². The van der Waals surface area contributed by atoms with Crippen LogP contribution in [0.3, 0.4) is 0 Å². The number of hydrogen-bond donors (Lipinski definition) is 0. The molecule has 2 heteroatoms. The molecule has 0 N–H and O–H groups in total. The van der Waals surface area contributed by atoms with Crippen LogP contribution in [0, 0.1) is 0 Å². The average Bonchev–Trinajstić information content (AvgIpc) is 2.57. The molecule has 0 spiro atoms. The second-order valence-electron chi connectivity index (χ2n) is 7.03. The van der Waals surface area contributed by atoms with E-state index >= 15 is 0 Å². The maximum Gasteiger partial charge on any atom is 0.0598 e. The van der Waals surface area contributed by atoms with Crippen molar-refractivity contribution in [1.29, 1.82) is 0 Å². The molecule has 0 aliphatic heterocycles. The van der Waals surface area contributed by atoms with Gasteiger partial charge in [0.25, 0.3) is 0 Å². The Labute approximate surface area is 146 Å². The van der Waals surface area contributed by atoms with E-state index in [2.05, 4.69) is 24.1 Å². The summed E-state index contributed by atoms with van der Waals surface area (Å²) in [4.78, 5) is 0. The molecule has 0 aromatic carbocycles. The van der Waals surface area contributed by atoms with Crippen molar-refractivity contribution < 1.29 is 0 Å². The molecule has 0 aliphatic carbocycles. The monoisotopic (exact) mass is 324 g/mol. The van der Waals surface area contributed by atoms with E-state index < -0.39 is 0 Å². The predicted molar refractivity (Wildman–Crippen MR) is 104 cm³/mol. The highest BCUT2D eigenvalue weighted by molar-refractivity contribution is 4.50. The van der Waals surface area contributed by atoms with Crippen molar-refractivity contribution in [3.8, 4) is 0 Å². The largest absolute Gasteiger partial charge is 0.194 e. The summed E-state index contributed by atoms with van der Waals surface area (Å²) in [6.45, 7) is 6.28. The molecule has 0 rings (SSSR count). The summed E-state index contributed by atoms with van der Waals surface area (Å²) in [5, 5.41) is 8.31. The number of azo groups is 1. The minimum Gasteiger partial charge on any atom is -0.194 e. The Morgan fingerprint density at radius 3 is 1.09 bits per heavy atom. The van der Waals surface area contributed by atoms with Crippen LogP contribution in [-0.4, -0.2) is 13.1 Å². The number of hydrogen-bond acceptors (Lipinski definition) is 2. The molecule has 0 aliphatic rings. The first kappa shape index (κ1) is 22.6. The summed E-state index contributed by atoms with van der Waals surface area (Å²) in [6.07, 6.45) is 23.9. The van der Waals surface area contributed by atoms with E-state index in [0.29, 0.717) is 0 Å². The minimum absolute atomic E-state index is 0.902. The molecular formula is C21H44N2. The molecule has 0 saturated carbocycles. The number of nitrogens with zero attached hydrogens (tertiary/aromatic N) is 2. The van der Waals surface area contributed by atoms with Gasteiger partial charge in [0.15, 0.2) is 0 Å². The third kappa shape index (κ3) is 21.6. The van der Waals surface area contributed by atoms with Crippen LogP contribution in [-0.2, 0) is 0 Å². The van der Waals surface area contributed by atoms with Crippen LogP contribution in [0.4, 0.5) is 0 Å².